The van der Waals surface area contributed by atoms with Gasteiger partial charge in [0.05, 0.1) is 5.69 Å². The monoisotopic (exact) mass is 256 g/mol. The highest BCUT2D eigenvalue weighted by molar-refractivity contribution is 5.19. The van der Waals surface area contributed by atoms with Crippen molar-refractivity contribution in [2.24, 2.45) is 7.05 Å². The quantitative estimate of drug-likeness (QED) is 0.846. The predicted molar refractivity (Wildman–Crippen MR) is 74.6 cm³/mol. The zero-order valence-corrected chi connectivity index (χ0v) is 11.6. The van der Waals surface area contributed by atoms with Crippen LogP contribution < -0.4 is 0 Å². The lowest BCUT2D eigenvalue weighted by atomic mass is 10.1. The number of rotatable bonds is 3. The molecule has 4 nitrogen and oxygen atoms in total. The lowest BCUT2D eigenvalue weighted by molar-refractivity contribution is 0.247. The summed E-state index contributed by atoms with van der Waals surface area (Å²) in [7, 11) is 1.99. The number of likely N-dealkylation sites (tertiary alicyclic amines) is 1. The first-order chi connectivity index (χ1) is 9.24. The molecular formula is C15H20N4. The second-order valence-electron chi connectivity index (χ2n) is 5.33. The molecule has 4 heteroatoms. The van der Waals surface area contributed by atoms with Gasteiger partial charge in [0.2, 0.25) is 0 Å². The number of nitrogens with zero attached hydrogens (tertiary/aromatic N) is 4. The first kappa shape index (κ1) is 12.4. The molecule has 2 aromatic heterocycles. The molecule has 0 aliphatic carbocycles. The Morgan fingerprint density at radius 2 is 2.32 bits per heavy atom. The molecule has 0 spiro atoms. The average molecular weight is 256 g/mol. The fourth-order valence-corrected chi connectivity index (χ4v) is 2.99. The van der Waals surface area contributed by atoms with Crippen LogP contribution in [0.5, 0.6) is 0 Å². The third kappa shape index (κ3) is 2.54. The number of aromatic nitrogens is 3. The Balaban J connectivity index is 1.79. The molecule has 1 fully saturated rings. The summed E-state index contributed by atoms with van der Waals surface area (Å²) in [5, 5.41) is 4.43. The van der Waals surface area contributed by atoms with Crippen LogP contribution in [-0.2, 0) is 13.6 Å². The third-order valence-corrected chi connectivity index (χ3v) is 3.92. The van der Waals surface area contributed by atoms with Gasteiger partial charge >= 0.3 is 0 Å². The van der Waals surface area contributed by atoms with Gasteiger partial charge < -0.3 is 0 Å². The topological polar surface area (TPSA) is 34.0 Å². The molecular weight excluding hydrogens is 236 g/mol. The van der Waals surface area contributed by atoms with Crippen LogP contribution in [-0.4, -0.2) is 26.2 Å². The molecule has 1 aliphatic rings. The molecule has 0 amide bonds. The molecule has 2 aromatic rings. The highest BCUT2D eigenvalue weighted by Crippen LogP contribution is 2.32. The van der Waals surface area contributed by atoms with Gasteiger partial charge in [0.25, 0.3) is 0 Å². The highest BCUT2D eigenvalue weighted by atomic mass is 15.3. The smallest absolute Gasteiger partial charge is 0.0638 e. The molecule has 3 rings (SSSR count). The van der Waals surface area contributed by atoms with Crippen molar-refractivity contribution in [1.82, 2.24) is 19.7 Å². The zero-order valence-electron chi connectivity index (χ0n) is 11.6. The fraction of sp³-hybridized carbons (Fsp3) is 0.467. The maximum Gasteiger partial charge on any atom is 0.0638 e. The van der Waals surface area contributed by atoms with Crippen molar-refractivity contribution in [3.8, 4) is 0 Å². The number of pyridine rings is 1. The van der Waals surface area contributed by atoms with Gasteiger partial charge in [-0.1, -0.05) is 6.07 Å². The summed E-state index contributed by atoms with van der Waals surface area (Å²) >= 11 is 0. The molecule has 1 unspecified atom stereocenters. The lowest BCUT2D eigenvalue weighted by Gasteiger charge is -2.24. The van der Waals surface area contributed by atoms with Crippen molar-refractivity contribution in [3.05, 3.63) is 47.5 Å². The first-order valence-corrected chi connectivity index (χ1v) is 6.87. The lowest BCUT2D eigenvalue weighted by Crippen LogP contribution is -2.23. The van der Waals surface area contributed by atoms with Gasteiger partial charge in [-0.05, 0) is 37.9 Å². The maximum atomic E-state index is 4.43. The van der Waals surface area contributed by atoms with Crippen molar-refractivity contribution in [2.75, 3.05) is 6.54 Å². The van der Waals surface area contributed by atoms with E-state index in [1.165, 1.54) is 24.0 Å². The van der Waals surface area contributed by atoms with Crippen molar-refractivity contribution >= 4 is 0 Å². The molecule has 0 aromatic carbocycles. The van der Waals surface area contributed by atoms with E-state index < -0.39 is 0 Å². The van der Waals surface area contributed by atoms with Crippen molar-refractivity contribution in [1.29, 1.82) is 0 Å². The van der Waals surface area contributed by atoms with E-state index in [1.54, 1.807) is 0 Å². The standard InChI is InChI=1S/C15H20N4/c1-12-14(10-18(2)17-12)11-19-8-4-6-15(19)13-5-3-7-16-9-13/h3,5,7,9-10,15H,4,6,8,11H2,1-2H3. The van der Waals surface area contributed by atoms with Gasteiger partial charge in [0.15, 0.2) is 0 Å². The Morgan fingerprint density at radius 3 is 3.00 bits per heavy atom. The van der Waals surface area contributed by atoms with E-state index in [9.17, 15) is 0 Å². The summed E-state index contributed by atoms with van der Waals surface area (Å²) in [6.07, 6.45) is 8.46. The Bertz CT molecular complexity index is 547. The average Bonchev–Trinajstić information content (AvgIpc) is 2.98. The van der Waals surface area contributed by atoms with E-state index in [0.717, 1.165) is 18.8 Å². The zero-order chi connectivity index (χ0) is 13.2. The largest absolute Gasteiger partial charge is 0.292 e. The van der Waals surface area contributed by atoms with Crippen LogP contribution >= 0.6 is 0 Å². The number of hydrogen-bond donors (Lipinski definition) is 0. The van der Waals surface area contributed by atoms with Crippen LogP contribution in [0.1, 0.15) is 35.7 Å². The van der Waals surface area contributed by atoms with Crippen LogP contribution in [0.3, 0.4) is 0 Å². The Hall–Kier alpha value is -1.68. The molecule has 0 N–H and O–H groups in total. The Morgan fingerprint density at radius 1 is 1.42 bits per heavy atom. The van der Waals surface area contributed by atoms with Crippen molar-refractivity contribution < 1.29 is 0 Å². The number of hydrogen-bond acceptors (Lipinski definition) is 3. The van der Waals surface area contributed by atoms with Gasteiger partial charge in [-0.15, -0.1) is 0 Å². The fourth-order valence-electron chi connectivity index (χ4n) is 2.99. The molecule has 100 valence electrons. The SMILES string of the molecule is Cc1nn(C)cc1CN1CCCC1c1cccnc1. The molecule has 19 heavy (non-hydrogen) atoms. The molecule has 0 radical (unpaired) electrons. The van der Waals surface area contributed by atoms with Crippen molar-refractivity contribution in [3.63, 3.8) is 0 Å². The number of aryl methyl sites for hydroxylation is 2. The van der Waals surface area contributed by atoms with Gasteiger partial charge in [-0.25, -0.2) is 0 Å². The van der Waals surface area contributed by atoms with Crippen molar-refractivity contribution in [2.45, 2.75) is 32.4 Å². The summed E-state index contributed by atoms with van der Waals surface area (Å²) in [4.78, 5) is 6.79. The second kappa shape index (κ2) is 5.13. The molecule has 3 heterocycles. The summed E-state index contributed by atoms with van der Waals surface area (Å²) in [5.74, 6) is 0. The van der Waals surface area contributed by atoms with E-state index in [2.05, 4.69) is 34.2 Å². The summed E-state index contributed by atoms with van der Waals surface area (Å²) < 4.78 is 1.90. The summed E-state index contributed by atoms with van der Waals surface area (Å²) in [6.45, 7) is 4.23. The molecule has 0 bridgehead atoms. The Labute approximate surface area is 114 Å². The molecule has 0 saturated carbocycles. The van der Waals surface area contributed by atoms with E-state index >= 15 is 0 Å². The van der Waals surface area contributed by atoms with Crippen LogP contribution in [0.15, 0.2) is 30.7 Å². The predicted octanol–water partition coefficient (Wildman–Crippen LogP) is 2.46. The van der Waals surface area contributed by atoms with Gasteiger partial charge in [0.1, 0.15) is 0 Å². The Kier molecular flexibility index (Phi) is 3.34. The molecule has 1 aliphatic heterocycles. The van der Waals surface area contributed by atoms with Crippen LogP contribution in [0, 0.1) is 6.92 Å². The van der Waals surface area contributed by atoms with Gasteiger partial charge in [0, 0.05) is 43.8 Å². The first-order valence-electron chi connectivity index (χ1n) is 6.87. The van der Waals surface area contributed by atoms with E-state index in [1.807, 2.05) is 30.2 Å². The summed E-state index contributed by atoms with van der Waals surface area (Å²) in [6, 6.07) is 4.72. The highest BCUT2D eigenvalue weighted by Gasteiger charge is 2.26. The second-order valence-corrected chi connectivity index (χ2v) is 5.33. The third-order valence-electron chi connectivity index (χ3n) is 3.92. The molecule has 1 saturated heterocycles. The normalized spacial score (nSPS) is 20.0. The van der Waals surface area contributed by atoms with Crippen LogP contribution in [0.4, 0.5) is 0 Å². The molecule has 1 atom stereocenters. The van der Waals surface area contributed by atoms with Gasteiger partial charge in [-0.3, -0.25) is 14.6 Å². The van der Waals surface area contributed by atoms with E-state index in [-0.39, 0.29) is 0 Å². The minimum atomic E-state index is 0.508. The van der Waals surface area contributed by atoms with E-state index in [0.29, 0.717) is 6.04 Å². The minimum absolute atomic E-state index is 0.508. The maximum absolute atomic E-state index is 4.43. The van der Waals surface area contributed by atoms with Crippen LogP contribution in [0.25, 0.3) is 0 Å². The minimum Gasteiger partial charge on any atom is -0.292 e. The van der Waals surface area contributed by atoms with Gasteiger partial charge in [-0.2, -0.15) is 5.10 Å². The van der Waals surface area contributed by atoms with E-state index in [4.69, 9.17) is 0 Å². The van der Waals surface area contributed by atoms with Crippen LogP contribution in [0.2, 0.25) is 0 Å². The summed E-state index contributed by atoms with van der Waals surface area (Å²) in [5.41, 5.74) is 3.80.